The quantitative estimate of drug-likeness (QED) is 0.533. The molecule has 0 aliphatic carbocycles. The number of halogens is 1. The van der Waals surface area contributed by atoms with Crippen molar-refractivity contribution in [3.05, 3.63) is 0 Å². The SMILES string of the molecule is CO[PH](C)(O)I. The predicted octanol–water partition coefficient (Wildman–Crippen LogP) is 1.18. The van der Waals surface area contributed by atoms with E-state index in [1.54, 1.807) is 6.66 Å². The van der Waals surface area contributed by atoms with Gasteiger partial charge in [0.05, 0.1) is 0 Å². The fourth-order valence-corrected chi connectivity index (χ4v) is 0. The molecule has 0 atom stereocenters. The first-order valence-electron chi connectivity index (χ1n) is 1.52. The Kier molecular flexibility index (Phi) is 2.84. The molecule has 0 aromatic heterocycles. The molecule has 0 aliphatic rings. The zero-order chi connectivity index (χ0) is 5.21. The third-order valence-corrected chi connectivity index (χ3v) is 2.44. The normalized spacial score (nSPS) is 14.7. The molecule has 0 heterocycles. The van der Waals surface area contributed by atoms with Crippen molar-refractivity contribution >= 4 is 27.4 Å². The zero-order valence-electron chi connectivity index (χ0n) is 3.73. The molecule has 0 fully saturated rings. The van der Waals surface area contributed by atoms with Crippen molar-refractivity contribution in [2.24, 2.45) is 0 Å². The van der Waals surface area contributed by atoms with Gasteiger partial charge in [-0.15, -0.1) is 0 Å². The fraction of sp³-hybridized carbons (Fsp3) is 1.00. The Bertz CT molecular complexity index is 41.3. The minimum atomic E-state index is -2.16. The van der Waals surface area contributed by atoms with Crippen LogP contribution in [-0.2, 0) is 4.52 Å². The molecule has 0 aromatic carbocycles. The van der Waals surface area contributed by atoms with Gasteiger partial charge < -0.3 is 0 Å². The summed E-state index contributed by atoms with van der Waals surface area (Å²) in [5, 5.41) is -2.16. The average molecular weight is 222 g/mol. The van der Waals surface area contributed by atoms with Crippen molar-refractivity contribution in [2.45, 2.75) is 0 Å². The van der Waals surface area contributed by atoms with Gasteiger partial charge in [-0.05, 0) is 0 Å². The van der Waals surface area contributed by atoms with Gasteiger partial charge in [-0.3, -0.25) is 0 Å². The summed E-state index contributed by atoms with van der Waals surface area (Å²) in [6.07, 6.45) is 0. The van der Waals surface area contributed by atoms with Crippen LogP contribution in [0.3, 0.4) is 0 Å². The van der Waals surface area contributed by atoms with E-state index in [2.05, 4.69) is 4.52 Å². The van der Waals surface area contributed by atoms with Gasteiger partial charge in [-0.2, -0.15) is 0 Å². The van der Waals surface area contributed by atoms with E-state index in [0.717, 1.165) is 0 Å². The summed E-state index contributed by atoms with van der Waals surface area (Å²) < 4.78 is 4.62. The second-order valence-corrected chi connectivity index (χ2v) is 9.23. The molecule has 1 N–H and O–H groups in total. The number of hydrogen-bond acceptors (Lipinski definition) is 2. The summed E-state index contributed by atoms with van der Waals surface area (Å²) in [5.41, 5.74) is 0. The molecule has 0 saturated carbocycles. The molecule has 0 radical (unpaired) electrons. The second-order valence-electron chi connectivity index (χ2n) is 1.07. The van der Waals surface area contributed by atoms with Gasteiger partial charge >= 0.3 is 50.6 Å². The molecule has 0 unspecified atom stereocenters. The van der Waals surface area contributed by atoms with E-state index in [-0.39, 0.29) is 0 Å². The Morgan fingerprint density at radius 2 is 2.00 bits per heavy atom. The van der Waals surface area contributed by atoms with Crippen molar-refractivity contribution in [3.63, 3.8) is 0 Å². The molecule has 0 bridgehead atoms. The monoisotopic (exact) mass is 222 g/mol. The molecule has 0 rings (SSSR count). The van der Waals surface area contributed by atoms with Crippen molar-refractivity contribution in [1.82, 2.24) is 0 Å². The van der Waals surface area contributed by atoms with Crippen LogP contribution >= 0.6 is 27.4 Å². The Morgan fingerprint density at radius 3 is 2.00 bits per heavy atom. The summed E-state index contributed by atoms with van der Waals surface area (Å²) in [4.78, 5) is 8.73. The van der Waals surface area contributed by atoms with E-state index >= 15 is 0 Å². The van der Waals surface area contributed by atoms with Gasteiger partial charge in [-0.1, -0.05) is 0 Å². The number of hydrogen-bond donors (Lipinski definition) is 1. The Labute approximate surface area is 50.9 Å². The van der Waals surface area contributed by atoms with E-state index in [1.165, 1.54) is 7.11 Å². The summed E-state index contributed by atoms with van der Waals surface area (Å²) in [7, 11) is 1.51. The molecular formula is C2H8IO2P. The number of rotatable bonds is 1. The Balaban J connectivity index is 3.17. The molecule has 0 aliphatic heterocycles. The molecule has 0 spiro atoms. The van der Waals surface area contributed by atoms with E-state index in [9.17, 15) is 0 Å². The van der Waals surface area contributed by atoms with Gasteiger partial charge in [0.15, 0.2) is 0 Å². The van der Waals surface area contributed by atoms with E-state index in [0.29, 0.717) is 0 Å². The Hall–Kier alpha value is 1.08. The molecule has 4 heteroatoms. The first kappa shape index (κ1) is 7.08. The summed E-state index contributed by atoms with van der Waals surface area (Å²) >= 11 is 1.91. The molecule has 0 saturated heterocycles. The third kappa shape index (κ3) is 5.08. The average Bonchev–Trinajstić information content (AvgIpc) is 1.35. The van der Waals surface area contributed by atoms with Crippen LogP contribution in [0.1, 0.15) is 0 Å². The van der Waals surface area contributed by atoms with Crippen molar-refractivity contribution < 1.29 is 9.42 Å². The van der Waals surface area contributed by atoms with Crippen molar-refractivity contribution in [2.75, 3.05) is 13.8 Å². The molecule has 6 heavy (non-hydrogen) atoms. The van der Waals surface area contributed by atoms with Crippen molar-refractivity contribution in [1.29, 1.82) is 0 Å². The van der Waals surface area contributed by atoms with Crippen LogP contribution in [0.5, 0.6) is 0 Å². The molecular weight excluding hydrogens is 214 g/mol. The van der Waals surface area contributed by atoms with Crippen LogP contribution in [0.4, 0.5) is 0 Å². The summed E-state index contributed by atoms with van der Waals surface area (Å²) in [6, 6.07) is 0. The van der Waals surface area contributed by atoms with E-state index in [4.69, 9.17) is 4.89 Å². The third-order valence-electron chi connectivity index (χ3n) is 0.373. The van der Waals surface area contributed by atoms with Crippen LogP contribution < -0.4 is 0 Å². The van der Waals surface area contributed by atoms with E-state index < -0.39 is 5.36 Å². The molecule has 0 aromatic rings. The van der Waals surface area contributed by atoms with Crippen LogP contribution in [-0.4, -0.2) is 18.7 Å². The molecule has 0 amide bonds. The van der Waals surface area contributed by atoms with Crippen LogP contribution in [0.15, 0.2) is 0 Å². The van der Waals surface area contributed by atoms with Crippen LogP contribution in [0.25, 0.3) is 0 Å². The Morgan fingerprint density at radius 1 is 1.83 bits per heavy atom. The van der Waals surface area contributed by atoms with Gasteiger partial charge in [0.1, 0.15) is 0 Å². The maximum absolute atomic E-state index is 8.73. The van der Waals surface area contributed by atoms with Gasteiger partial charge in [-0.25, -0.2) is 0 Å². The zero-order valence-corrected chi connectivity index (χ0v) is 6.89. The summed E-state index contributed by atoms with van der Waals surface area (Å²) in [6.45, 7) is 1.70. The fourth-order valence-electron chi connectivity index (χ4n) is 0. The van der Waals surface area contributed by atoms with E-state index in [1.807, 2.05) is 22.0 Å². The maximum atomic E-state index is 8.73. The van der Waals surface area contributed by atoms with Gasteiger partial charge in [0.2, 0.25) is 0 Å². The first-order chi connectivity index (χ1) is 2.56. The molecule has 2 nitrogen and oxygen atoms in total. The first-order valence-corrected chi connectivity index (χ1v) is 6.99. The van der Waals surface area contributed by atoms with Crippen molar-refractivity contribution in [3.8, 4) is 0 Å². The van der Waals surface area contributed by atoms with Crippen LogP contribution in [0, 0.1) is 0 Å². The standard InChI is InChI=1S/C2H8IO2P/c1-5-6(2,3)4/h4,6H,1-2H3. The predicted molar refractivity (Wildman–Crippen MR) is 37.5 cm³/mol. The van der Waals surface area contributed by atoms with Crippen LogP contribution in [0.2, 0.25) is 0 Å². The van der Waals surface area contributed by atoms with Gasteiger partial charge in [0, 0.05) is 0 Å². The summed E-state index contributed by atoms with van der Waals surface area (Å²) in [5.74, 6) is 0. The second kappa shape index (κ2) is 2.40. The topological polar surface area (TPSA) is 29.5 Å². The molecule has 40 valence electrons. The minimum absolute atomic E-state index is 1.51. The van der Waals surface area contributed by atoms with Gasteiger partial charge in [0.25, 0.3) is 0 Å².